The molecule has 0 spiro atoms. The van der Waals surface area contributed by atoms with E-state index in [1.54, 1.807) is 24.3 Å². The van der Waals surface area contributed by atoms with Gasteiger partial charge in [0.15, 0.2) is 13.2 Å². The molecule has 0 bridgehead atoms. The maximum atomic E-state index is 11.7. The number of nitrogens with one attached hydrogen (secondary N) is 1. The SMILES string of the molecule is O=C(COC(=O)COc1ccc(Cl)cc1Cl)NCc1ccccc1Cl. The van der Waals surface area contributed by atoms with Crippen molar-refractivity contribution in [3.05, 3.63) is 63.1 Å². The van der Waals surface area contributed by atoms with Gasteiger partial charge in [0, 0.05) is 16.6 Å². The van der Waals surface area contributed by atoms with Crippen LogP contribution in [0.5, 0.6) is 5.75 Å². The van der Waals surface area contributed by atoms with Crippen LogP contribution in [-0.4, -0.2) is 25.1 Å². The number of rotatable bonds is 7. The Morgan fingerprint density at radius 3 is 2.44 bits per heavy atom. The summed E-state index contributed by atoms with van der Waals surface area (Å²) in [5, 5.41) is 3.89. The average molecular weight is 403 g/mol. The number of esters is 1. The zero-order valence-corrected chi connectivity index (χ0v) is 15.2. The average Bonchev–Trinajstić information content (AvgIpc) is 2.58. The van der Waals surface area contributed by atoms with E-state index in [0.29, 0.717) is 15.8 Å². The highest BCUT2D eigenvalue weighted by atomic mass is 35.5. The molecule has 0 atom stereocenters. The van der Waals surface area contributed by atoms with E-state index in [9.17, 15) is 9.59 Å². The van der Waals surface area contributed by atoms with Gasteiger partial charge in [0.05, 0.1) is 5.02 Å². The molecule has 5 nitrogen and oxygen atoms in total. The van der Waals surface area contributed by atoms with Crippen molar-refractivity contribution in [3.8, 4) is 5.75 Å². The molecule has 0 radical (unpaired) electrons. The van der Waals surface area contributed by atoms with Gasteiger partial charge in [-0.3, -0.25) is 4.79 Å². The monoisotopic (exact) mass is 401 g/mol. The van der Waals surface area contributed by atoms with Crippen LogP contribution < -0.4 is 10.1 Å². The highest BCUT2D eigenvalue weighted by molar-refractivity contribution is 6.35. The lowest BCUT2D eigenvalue weighted by Gasteiger charge is -2.09. The van der Waals surface area contributed by atoms with Gasteiger partial charge in [-0.05, 0) is 29.8 Å². The molecule has 0 fully saturated rings. The minimum Gasteiger partial charge on any atom is -0.480 e. The molecule has 0 saturated carbocycles. The third-order valence-electron chi connectivity index (χ3n) is 3.04. The zero-order chi connectivity index (χ0) is 18.2. The topological polar surface area (TPSA) is 64.6 Å². The van der Waals surface area contributed by atoms with Crippen molar-refractivity contribution in [1.82, 2.24) is 5.32 Å². The molecule has 2 aromatic rings. The summed E-state index contributed by atoms with van der Waals surface area (Å²) in [5.74, 6) is -0.845. The fourth-order valence-corrected chi connectivity index (χ4v) is 2.47. The first-order valence-corrected chi connectivity index (χ1v) is 8.32. The lowest BCUT2D eigenvalue weighted by atomic mass is 10.2. The van der Waals surface area contributed by atoms with Gasteiger partial charge >= 0.3 is 5.97 Å². The van der Waals surface area contributed by atoms with Crippen LogP contribution in [0.15, 0.2) is 42.5 Å². The van der Waals surface area contributed by atoms with E-state index in [0.717, 1.165) is 5.56 Å². The second-order valence-corrected chi connectivity index (χ2v) is 6.14. The van der Waals surface area contributed by atoms with Gasteiger partial charge in [0.2, 0.25) is 0 Å². The predicted molar refractivity (Wildman–Crippen MR) is 96.2 cm³/mol. The molecule has 0 heterocycles. The Morgan fingerprint density at radius 2 is 1.72 bits per heavy atom. The Bertz CT molecular complexity index is 767. The summed E-state index contributed by atoms with van der Waals surface area (Å²) >= 11 is 17.7. The van der Waals surface area contributed by atoms with E-state index in [-0.39, 0.29) is 18.2 Å². The Balaban J connectivity index is 1.70. The molecule has 0 aliphatic carbocycles. The lowest BCUT2D eigenvalue weighted by Crippen LogP contribution is -2.29. The molecule has 0 unspecified atom stereocenters. The number of ether oxygens (including phenoxy) is 2. The minimum absolute atomic E-state index is 0.243. The number of benzene rings is 2. The summed E-state index contributed by atoms with van der Waals surface area (Å²) < 4.78 is 10.0. The summed E-state index contributed by atoms with van der Waals surface area (Å²) in [6.07, 6.45) is 0. The number of amides is 1. The zero-order valence-electron chi connectivity index (χ0n) is 12.9. The van der Waals surface area contributed by atoms with E-state index >= 15 is 0 Å². The first-order valence-electron chi connectivity index (χ1n) is 7.19. The maximum absolute atomic E-state index is 11.7. The molecule has 8 heteroatoms. The molecule has 0 aliphatic heterocycles. The van der Waals surface area contributed by atoms with Gasteiger partial charge in [-0.1, -0.05) is 53.0 Å². The van der Waals surface area contributed by atoms with E-state index < -0.39 is 18.5 Å². The maximum Gasteiger partial charge on any atom is 0.344 e. The van der Waals surface area contributed by atoms with Crippen LogP contribution >= 0.6 is 34.8 Å². The van der Waals surface area contributed by atoms with Crippen molar-refractivity contribution < 1.29 is 19.1 Å². The second kappa shape index (κ2) is 9.51. The fraction of sp³-hybridized carbons (Fsp3) is 0.176. The number of hydrogen-bond donors (Lipinski definition) is 1. The van der Waals surface area contributed by atoms with Crippen LogP contribution in [0.2, 0.25) is 15.1 Å². The quantitative estimate of drug-likeness (QED) is 0.714. The third-order valence-corrected chi connectivity index (χ3v) is 3.94. The van der Waals surface area contributed by atoms with Gasteiger partial charge in [-0.2, -0.15) is 0 Å². The third kappa shape index (κ3) is 6.46. The first-order chi connectivity index (χ1) is 12.0. The smallest absolute Gasteiger partial charge is 0.344 e. The van der Waals surface area contributed by atoms with E-state index in [1.807, 2.05) is 6.07 Å². The molecule has 1 N–H and O–H groups in total. The van der Waals surface area contributed by atoms with Gasteiger partial charge in [-0.15, -0.1) is 0 Å². The number of halogens is 3. The summed E-state index contributed by atoms with van der Waals surface area (Å²) in [6.45, 7) is -0.549. The number of carbonyl (C=O) groups is 2. The van der Waals surface area contributed by atoms with Gasteiger partial charge in [-0.25, -0.2) is 4.79 Å². The molecule has 0 aliphatic rings. The standard InChI is InChI=1S/C17H14Cl3NO4/c18-12-5-6-15(14(20)7-12)24-10-17(23)25-9-16(22)21-8-11-3-1-2-4-13(11)19/h1-7H,8-10H2,(H,21,22). The van der Waals surface area contributed by atoms with Crippen molar-refractivity contribution in [2.24, 2.45) is 0 Å². The summed E-state index contributed by atoms with van der Waals surface area (Å²) in [7, 11) is 0. The first kappa shape index (κ1) is 19.4. The predicted octanol–water partition coefficient (Wildman–Crippen LogP) is 3.89. The van der Waals surface area contributed by atoms with Gasteiger partial charge < -0.3 is 14.8 Å². The van der Waals surface area contributed by atoms with Crippen molar-refractivity contribution in [2.45, 2.75) is 6.54 Å². The Hall–Kier alpha value is -1.95. The van der Waals surface area contributed by atoms with Crippen LogP contribution in [0.25, 0.3) is 0 Å². The highest BCUT2D eigenvalue weighted by Crippen LogP contribution is 2.27. The minimum atomic E-state index is -0.695. The molecular formula is C17H14Cl3NO4. The Morgan fingerprint density at radius 1 is 0.960 bits per heavy atom. The Kier molecular flexibility index (Phi) is 7.37. The van der Waals surface area contributed by atoms with Crippen molar-refractivity contribution in [1.29, 1.82) is 0 Å². The number of hydrogen-bond acceptors (Lipinski definition) is 4. The normalized spacial score (nSPS) is 10.2. The fourth-order valence-electron chi connectivity index (χ4n) is 1.80. The molecule has 0 saturated heterocycles. The van der Waals surface area contributed by atoms with E-state index in [1.165, 1.54) is 12.1 Å². The summed E-state index contributed by atoms with van der Waals surface area (Å²) in [4.78, 5) is 23.3. The lowest BCUT2D eigenvalue weighted by molar-refractivity contribution is -0.150. The number of carbonyl (C=O) groups excluding carboxylic acids is 2. The van der Waals surface area contributed by atoms with Crippen LogP contribution in [0, 0.1) is 0 Å². The van der Waals surface area contributed by atoms with Gasteiger partial charge in [0.25, 0.3) is 5.91 Å². The van der Waals surface area contributed by atoms with Crippen LogP contribution in [0.3, 0.4) is 0 Å². The summed E-state index contributed by atoms with van der Waals surface area (Å²) in [5.41, 5.74) is 0.768. The molecule has 1 amide bonds. The largest absolute Gasteiger partial charge is 0.480 e. The molecule has 2 aromatic carbocycles. The summed E-state index contributed by atoms with van der Waals surface area (Å²) in [6, 6.07) is 11.7. The second-order valence-electron chi connectivity index (χ2n) is 4.89. The van der Waals surface area contributed by atoms with Crippen LogP contribution in [0.4, 0.5) is 0 Å². The van der Waals surface area contributed by atoms with E-state index in [2.05, 4.69) is 5.32 Å². The van der Waals surface area contributed by atoms with Crippen LogP contribution in [-0.2, 0) is 20.9 Å². The highest BCUT2D eigenvalue weighted by Gasteiger charge is 2.10. The molecule has 132 valence electrons. The van der Waals surface area contributed by atoms with Crippen molar-refractivity contribution in [3.63, 3.8) is 0 Å². The van der Waals surface area contributed by atoms with Crippen LogP contribution in [0.1, 0.15) is 5.56 Å². The molecule has 0 aromatic heterocycles. The van der Waals surface area contributed by atoms with E-state index in [4.69, 9.17) is 44.3 Å². The van der Waals surface area contributed by atoms with Gasteiger partial charge in [0.1, 0.15) is 5.75 Å². The molecule has 25 heavy (non-hydrogen) atoms. The van der Waals surface area contributed by atoms with Crippen molar-refractivity contribution >= 4 is 46.7 Å². The molecular weight excluding hydrogens is 389 g/mol. The van der Waals surface area contributed by atoms with Crippen molar-refractivity contribution in [2.75, 3.05) is 13.2 Å². The Labute approximate surface area is 159 Å². The molecule has 2 rings (SSSR count).